The van der Waals surface area contributed by atoms with Gasteiger partial charge in [-0.3, -0.25) is 24.1 Å². The van der Waals surface area contributed by atoms with Crippen molar-refractivity contribution in [2.24, 2.45) is 11.8 Å². The van der Waals surface area contributed by atoms with Gasteiger partial charge in [0.15, 0.2) is 0 Å². The van der Waals surface area contributed by atoms with Crippen molar-refractivity contribution in [3.63, 3.8) is 0 Å². The number of carbonyl (C=O) groups excluding carboxylic acids is 4. The van der Waals surface area contributed by atoms with Gasteiger partial charge in [-0.2, -0.15) is 0 Å². The molecule has 0 saturated carbocycles. The number of amides is 2. The second kappa shape index (κ2) is 8.08. The normalized spacial score (nSPS) is 24.4. The highest BCUT2D eigenvalue weighted by Gasteiger charge is 2.74. The zero-order valence-electron chi connectivity index (χ0n) is 18.1. The fourth-order valence-electron chi connectivity index (χ4n) is 5.46. The summed E-state index contributed by atoms with van der Waals surface area (Å²) in [5.74, 6) is -4.37. The second-order valence-electron chi connectivity index (χ2n) is 8.92. The smallest absolute Gasteiger partial charge is 0.237 e. The number of halogens is 2. The lowest BCUT2D eigenvalue weighted by Crippen LogP contribution is -2.50. The molecule has 0 N–H and O–H groups in total. The quantitative estimate of drug-likeness (QED) is 0.250. The molecule has 3 atom stereocenters. The molecule has 6 rings (SSSR count). The summed E-state index contributed by atoms with van der Waals surface area (Å²) in [6.45, 7) is 0.0205. The largest absolute Gasteiger partial charge is 0.349 e. The van der Waals surface area contributed by atoms with E-state index in [1.807, 2.05) is 12.1 Å². The first-order valence-electron chi connectivity index (χ1n) is 11.0. The number of benzene rings is 3. The van der Waals surface area contributed by atoms with E-state index in [0.29, 0.717) is 16.1 Å². The van der Waals surface area contributed by atoms with Crippen LogP contribution < -0.4 is 0 Å². The van der Waals surface area contributed by atoms with Crippen molar-refractivity contribution in [3.05, 3.63) is 104 Å². The summed E-state index contributed by atoms with van der Waals surface area (Å²) in [5.41, 5.74) is -0.261. The first kappa shape index (κ1) is 22.6. The number of nitrogens with zero attached hydrogens (tertiary/aromatic N) is 1. The van der Waals surface area contributed by atoms with Crippen LogP contribution in [0.25, 0.3) is 0 Å². The zero-order chi connectivity index (χ0) is 24.5. The van der Waals surface area contributed by atoms with Gasteiger partial charge in [0, 0.05) is 19.7 Å². The van der Waals surface area contributed by atoms with Crippen molar-refractivity contribution >= 4 is 57.6 Å². The van der Waals surface area contributed by atoms with E-state index in [9.17, 15) is 19.2 Å². The molecule has 3 aliphatic rings. The van der Waals surface area contributed by atoms with Crippen LogP contribution in [0.1, 0.15) is 37.9 Å². The molecule has 0 radical (unpaired) electrons. The summed E-state index contributed by atoms with van der Waals surface area (Å²) < 4.78 is 7.26. The third-order valence-electron chi connectivity index (χ3n) is 7.06. The molecular formula is C27H17ClINO5. The number of ether oxygens (including phenoxy) is 1. The molecule has 2 amide bonds. The van der Waals surface area contributed by atoms with E-state index >= 15 is 0 Å². The molecule has 0 aromatic heterocycles. The fourth-order valence-corrected chi connectivity index (χ4v) is 5.94. The molecule has 0 unspecified atom stereocenters. The van der Waals surface area contributed by atoms with Gasteiger partial charge in [0.05, 0.1) is 24.5 Å². The van der Waals surface area contributed by atoms with Crippen molar-refractivity contribution in [3.8, 4) is 0 Å². The molecule has 1 spiro atoms. The highest BCUT2D eigenvalue weighted by atomic mass is 127. The summed E-state index contributed by atoms with van der Waals surface area (Å²) in [5, 5.41) is 0.538. The molecule has 3 aromatic carbocycles. The van der Waals surface area contributed by atoms with Gasteiger partial charge >= 0.3 is 0 Å². The van der Waals surface area contributed by atoms with Crippen LogP contribution in [0.3, 0.4) is 0 Å². The van der Waals surface area contributed by atoms with Crippen molar-refractivity contribution < 1.29 is 23.9 Å². The molecular weight excluding hydrogens is 581 g/mol. The highest BCUT2D eigenvalue weighted by molar-refractivity contribution is 14.1. The van der Waals surface area contributed by atoms with Crippen LogP contribution in [0.15, 0.2) is 72.8 Å². The maximum Gasteiger partial charge on any atom is 0.237 e. The maximum absolute atomic E-state index is 13.8. The molecule has 1 aliphatic carbocycles. The number of carbonyl (C=O) groups is 4. The Morgan fingerprint density at radius 1 is 0.829 bits per heavy atom. The van der Waals surface area contributed by atoms with Crippen molar-refractivity contribution in [1.82, 2.24) is 4.90 Å². The van der Waals surface area contributed by atoms with E-state index in [-0.39, 0.29) is 17.7 Å². The van der Waals surface area contributed by atoms with Crippen molar-refractivity contribution in [2.75, 3.05) is 0 Å². The molecule has 2 fully saturated rings. The number of Topliss-reactive ketones (excluding diaryl/α,β-unsaturated/α-hetero) is 2. The minimum atomic E-state index is -2.05. The van der Waals surface area contributed by atoms with Crippen LogP contribution in [0.4, 0.5) is 0 Å². The summed E-state index contributed by atoms with van der Waals surface area (Å²) in [4.78, 5) is 56.1. The number of ketones is 2. The number of hydrogen-bond donors (Lipinski definition) is 0. The Balaban J connectivity index is 1.48. The van der Waals surface area contributed by atoms with E-state index in [0.717, 1.165) is 8.47 Å². The van der Waals surface area contributed by atoms with Gasteiger partial charge in [-0.1, -0.05) is 60.1 Å². The lowest BCUT2D eigenvalue weighted by molar-refractivity contribution is -0.145. The Labute approximate surface area is 219 Å². The fraction of sp³-hybridized carbons (Fsp3) is 0.185. The molecule has 2 heterocycles. The van der Waals surface area contributed by atoms with Crippen LogP contribution in [0.2, 0.25) is 5.02 Å². The first-order chi connectivity index (χ1) is 16.8. The Kier molecular flexibility index (Phi) is 5.21. The molecule has 3 aromatic rings. The SMILES string of the molecule is O=C1[C@@H]2[C@@H](C(=O)N1Cc1ccc(Cl)cc1)C1(O[C@H]2c2ccc(I)cc2)C(=O)c2ccccc2C1=O. The molecule has 6 nitrogen and oxygen atoms in total. The Morgan fingerprint density at radius 3 is 2.03 bits per heavy atom. The van der Waals surface area contributed by atoms with Gasteiger partial charge < -0.3 is 4.74 Å². The Morgan fingerprint density at radius 2 is 1.43 bits per heavy atom. The Bertz CT molecular complexity index is 1380. The summed E-state index contributed by atoms with van der Waals surface area (Å²) in [7, 11) is 0. The molecule has 2 aliphatic heterocycles. The van der Waals surface area contributed by atoms with Gasteiger partial charge in [0.1, 0.15) is 0 Å². The molecule has 2 saturated heterocycles. The van der Waals surface area contributed by atoms with Crippen LogP contribution in [-0.4, -0.2) is 33.9 Å². The number of rotatable bonds is 3. The average Bonchev–Trinajstić information content (AvgIpc) is 3.42. The van der Waals surface area contributed by atoms with E-state index in [2.05, 4.69) is 22.6 Å². The van der Waals surface area contributed by atoms with Crippen LogP contribution >= 0.6 is 34.2 Å². The topological polar surface area (TPSA) is 80.8 Å². The maximum atomic E-state index is 13.8. The average molecular weight is 598 g/mol. The zero-order valence-corrected chi connectivity index (χ0v) is 21.0. The van der Waals surface area contributed by atoms with E-state index in [1.165, 1.54) is 0 Å². The lowest BCUT2D eigenvalue weighted by Gasteiger charge is -2.27. The van der Waals surface area contributed by atoms with Gasteiger partial charge in [-0.25, -0.2) is 0 Å². The van der Waals surface area contributed by atoms with E-state index in [4.69, 9.17) is 16.3 Å². The Hall–Kier alpha value is -2.88. The van der Waals surface area contributed by atoms with Gasteiger partial charge in [0.2, 0.25) is 29.0 Å². The number of imide groups is 1. The molecule has 35 heavy (non-hydrogen) atoms. The molecule has 8 heteroatoms. The predicted octanol–water partition coefficient (Wildman–Crippen LogP) is 4.64. The summed E-state index contributed by atoms with van der Waals surface area (Å²) in [6.07, 6.45) is -0.911. The standard InChI is InChI=1S/C27H17ClINO5/c28-16-9-5-14(6-10-16)13-30-25(33)20-21(26(30)34)27(35-22(20)15-7-11-17(29)12-8-15)23(31)18-3-1-2-4-19(18)24(27)32/h1-12,20-22H,13H2/t20-,21+,22+/m1/s1. The van der Waals surface area contributed by atoms with Crippen molar-refractivity contribution in [1.29, 1.82) is 0 Å². The molecule has 174 valence electrons. The number of fused-ring (bicyclic) bond motifs is 3. The number of likely N-dealkylation sites (tertiary alicyclic amines) is 1. The van der Waals surface area contributed by atoms with Crippen LogP contribution in [0.5, 0.6) is 0 Å². The van der Waals surface area contributed by atoms with Crippen LogP contribution in [-0.2, 0) is 20.9 Å². The van der Waals surface area contributed by atoms with E-state index in [1.54, 1.807) is 60.7 Å². The van der Waals surface area contributed by atoms with Gasteiger partial charge in [-0.15, -0.1) is 0 Å². The molecule has 0 bridgehead atoms. The lowest BCUT2D eigenvalue weighted by atomic mass is 9.77. The first-order valence-corrected chi connectivity index (χ1v) is 12.5. The minimum absolute atomic E-state index is 0.0205. The van der Waals surface area contributed by atoms with Crippen LogP contribution in [0, 0.1) is 15.4 Å². The second-order valence-corrected chi connectivity index (χ2v) is 10.6. The van der Waals surface area contributed by atoms with Gasteiger partial charge in [0.25, 0.3) is 0 Å². The third kappa shape index (κ3) is 3.18. The summed E-state index contributed by atoms with van der Waals surface area (Å²) in [6, 6.07) is 20.6. The van der Waals surface area contributed by atoms with Gasteiger partial charge in [-0.05, 0) is 58.0 Å². The highest BCUT2D eigenvalue weighted by Crippen LogP contribution is 2.57. The van der Waals surface area contributed by atoms with E-state index < -0.39 is 46.9 Å². The predicted molar refractivity (Wildman–Crippen MR) is 135 cm³/mol. The number of hydrogen-bond acceptors (Lipinski definition) is 5. The van der Waals surface area contributed by atoms with Crippen molar-refractivity contribution in [2.45, 2.75) is 18.2 Å². The monoisotopic (exact) mass is 597 g/mol. The third-order valence-corrected chi connectivity index (χ3v) is 8.03. The summed E-state index contributed by atoms with van der Waals surface area (Å²) >= 11 is 8.15. The minimum Gasteiger partial charge on any atom is -0.349 e.